The van der Waals surface area contributed by atoms with Crippen molar-refractivity contribution in [2.45, 2.75) is 49.1 Å². The summed E-state index contributed by atoms with van der Waals surface area (Å²) in [5.41, 5.74) is 2.01. The minimum atomic E-state index is -3.64. The average molecular weight is 355 g/mol. The monoisotopic (exact) mass is 355 g/mol. The lowest BCUT2D eigenvalue weighted by molar-refractivity contribution is -0.126. The van der Waals surface area contributed by atoms with Gasteiger partial charge in [0.15, 0.2) is 5.78 Å². The first-order chi connectivity index (χ1) is 12.0. The van der Waals surface area contributed by atoms with Gasteiger partial charge in [-0.1, -0.05) is 48.0 Å². The second-order valence-electron chi connectivity index (χ2n) is 7.00. The molecule has 2 aliphatic rings. The Hall–Kier alpha value is -1.98. The van der Waals surface area contributed by atoms with Gasteiger partial charge in [0.2, 0.25) is 10.0 Å². The Bertz CT molecular complexity index is 890. The zero-order valence-corrected chi connectivity index (χ0v) is 14.9. The zero-order chi connectivity index (χ0) is 17.6. The van der Waals surface area contributed by atoms with Gasteiger partial charge in [-0.2, -0.15) is 4.31 Å². The van der Waals surface area contributed by atoms with E-state index in [4.69, 9.17) is 0 Å². The predicted octanol–water partition coefficient (Wildman–Crippen LogP) is 3.27. The molecule has 0 aromatic heterocycles. The van der Waals surface area contributed by atoms with Crippen LogP contribution < -0.4 is 0 Å². The minimum Gasteiger partial charge on any atom is -0.297 e. The van der Waals surface area contributed by atoms with Gasteiger partial charge in [0.25, 0.3) is 0 Å². The lowest BCUT2D eigenvalue weighted by Gasteiger charge is -2.37. The lowest BCUT2D eigenvalue weighted by atomic mass is 9.85. The molecule has 2 aromatic rings. The van der Waals surface area contributed by atoms with Gasteiger partial charge < -0.3 is 0 Å². The third-order valence-corrected chi connectivity index (χ3v) is 7.39. The number of piperidine rings is 1. The summed E-state index contributed by atoms with van der Waals surface area (Å²) in [6.45, 7) is 1.93. The van der Waals surface area contributed by atoms with Gasteiger partial charge in [-0.3, -0.25) is 4.79 Å². The Morgan fingerprint density at radius 3 is 2.32 bits per heavy atom. The van der Waals surface area contributed by atoms with Gasteiger partial charge in [0, 0.05) is 12.0 Å². The molecule has 2 heterocycles. The standard InChI is InChI=1S/C20H21NO3S/c1-14-7-10-17(11-8-14)25(23,24)21-16-9-12-19(21)20(22)18(13-16)15-5-3-2-4-6-15/h2-8,10-11,16,18-19H,9,12-13H2,1H3. The summed E-state index contributed by atoms with van der Waals surface area (Å²) in [6.07, 6.45) is 1.95. The van der Waals surface area contributed by atoms with Crippen molar-refractivity contribution in [3.05, 3.63) is 65.7 Å². The molecule has 0 N–H and O–H groups in total. The van der Waals surface area contributed by atoms with Gasteiger partial charge in [0.1, 0.15) is 0 Å². The summed E-state index contributed by atoms with van der Waals surface area (Å²) in [7, 11) is -3.64. The minimum absolute atomic E-state index is 0.0376. The molecule has 25 heavy (non-hydrogen) atoms. The molecule has 4 rings (SSSR count). The molecular weight excluding hydrogens is 334 g/mol. The van der Waals surface area contributed by atoms with Crippen LogP contribution in [0.1, 0.15) is 36.3 Å². The molecule has 130 valence electrons. The third-order valence-electron chi connectivity index (χ3n) is 5.42. The summed E-state index contributed by atoms with van der Waals surface area (Å²) < 4.78 is 27.7. The Labute approximate surface area is 148 Å². The number of ketones is 1. The molecule has 0 spiro atoms. The predicted molar refractivity (Wildman–Crippen MR) is 95.8 cm³/mol. The van der Waals surface area contributed by atoms with E-state index < -0.39 is 16.1 Å². The highest BCUT2D eigenvalue weighted by atomic mass is 32.2. The molecule has 2 aromatic carbocycles. The molecule has 0 saturated carbocycles. The van der Waals surface area contributed by atoms with Crippen molar-refractivity contribution in [2.24, 2.45) is 0 Å². The molecule has 3 unspecified atom stereocenters. The molecule has 2 aliphatic heterocycles. The molecule has 0 radical (unpaired) electrons. The number of sulfonamides is 1. The van der Waals surface area contributed by atoms with Gasteiger partial charge in [0.05, 0.1) is 10.9 Å². The molecule has 0 aliphatic carbocycles. The SMILES string of the molecule is Cc1ccc(S(=O)(=O)N2C3CCC2C(=O)C(c2ccccc2)C3)cc1. The third kappa shape index (κ3) is 2.71. The highest BCUT2D eigenvalue weighted by molar-refractivity contribution is 7.89. The van der Waals surface area contributed by atoms with Gasteiger partial charge in [-0.15, -0.1) is 0 Å². The van der Waals surface area contributed by atoms with Crippen LogP contribution in [0.15, 0.2) is 59.5 Å². The Morgan fingerprint density at radius 1 is 0.960 bits per heavy atom. The topological polar surface area (TPSA) is 54.5 Å². The summed E-state index contributed by atoms with van der Waals surface area (Å²) in [4.78, 5) is 13.3. The number of benzene rings is 2. The normalized spacial score (nSPS) is 26.8. The molecule has 0 amide bonds. The number of aryl methyl sites for hydroxylation is 1. The van der Waals surface area contributed by atoms with Crippen molar-refractivity contribution >= 4 is 15.8 Å². The van der Waals surface area contributed by atoms with E-state index in [2.05, 4.69) is 0 Å². The van der Waals surface area contributed by atoms with E-state index in [1.54, 1.807) is 24.3 Å². The Kier molecular flexibility index (Phi) is 4.01. The molecule has 2 bridgehead atoms. The maximum Gasteiger partial charge on any atom is 0.243 e. The van der Waals surface area contributed by atoms with E-state index in [1.807, 2.05) is 37.3 Å². The van der Waals surface area contributed by atoms with Crippen LogP contribution in [-0.4, -0.2) is 30.6 Å². The van der Waals surface area contributed by atoms with Crippen LogP contribution in [0.4, 0.5) is 0 Å². The number of nitrogens with zero attached hydrogens (tertiary/aromatic N) is 1. The summed E-state index contributed by atoms with van der Waals surface area (Å²) in [6, 6.07) is 16.0. The smallest absolute Gasteiger partial charge is 0.243 e. The van der Waals surface area contributed by atoms with Gasteiger partial charge in [-0.05, 0) is 43.9 Å². The Balaban J connectivity index is 1.68. The van der Waals surface area contributed by atoms with Crippen LogP contribution in [0.25, 0.3) is 0 Å². The molecular formula is C20H21NO3S. The van der Waals surface area contributed by atoms with Crippen LogP contribution in [0.3, 0.4) is 0 Å². The number of fused-ring (bicyclic) bond motifs is 2. The average Bonchev–Trinajstić information content (AvgIpc) is 2.97. The van der Waals surface area contributed by atoms with Gasteiger partial charge >= 0.3 is 0 Å². The second-order valence-corrected chi connectivity index (χ2v) is 8.84. The number of hydrogen-bond donors (Lipinski definition) is 0. The number of hydrogen-bond acceptors (Lipinski definition) is 3. The first-order valence-electron chi connectivity index (χ1n) is 8.67. The fraction of sp³-hybridized carbons (Fsp3) is 0.350. The van der Waals surface area contributed by atoms with Crippen LogP contribution in [-0.2, 0) is 14.8 Å². The largest absolute Gasteiger partial charge is 0.297 e. The summed E-state index contributed by atoms with van der Waals surface area (Å²) >= 11 is 0. The second kappa shape index (κ2) is 6.07. The van der Waals surface area contributed by atoms with Crippen molar-refractivity contribution in [2.75, 3.05) is 0 Å². The number of Topliss-reactive ketones (excluding diaryl/α,β-unsaturated/α-hetero) is 1. The quantitative estimate of drug-likeness (QED) is 0.849. The van der Waals surface area contributed by atoms with Crippen molar-refractivity contribution in [1.29, 1.82) is 0 Å². The van der Waals surface area contributed by atoms with Crippen LogP contribution in [0.2, 0.25) is 0 Å². The highest BCUT2D eigenvalue weighted by Crippen LogP contribution is 2.43. The van der Waals surface area contributed by atoms with E-state index in [-0.39, 0.29) is 22.6 Å². The molecule has 4 nitrogen and oxygen atoms in total. The fourth-order valence-corrected chi connectivity index (χ4v) is 6.00. The van der Waals surface area contributed by atoms with Crippen molar-refractivity contribution in [3.8, 4) is 0 Å². The van der Waals surface area contributed by atoms with Crippen LogP contribution >= 0.6 is 0 Å². The summed E-state index contributed by atoms with van der Waals surface area (Å²) in [5.74, 6) is -0.154. The number of carbonyl (C=O) groups is 1. The van der Waals surface area contributed by atoms with Gasteiger partial charge in [-0.25, -0.2) is 8.42 Å². The fourth-order valence-electron chi connectivity index (χ4n) is 4.15. The zero-order valence-electron chi connectivity index (χ0n) is 14.1. The molecule has 5 heteroatoms. The van der Waals surface area contributed by atoms with E-state index in [1.165, 1.54) is 4.31 Å². The summed E-state index contributed by atoms with van der Waals surface area (Å²) in [5, 5.41) is 0. The highest BCUT2D eigenvalue weighted by Gasteiger charge is 2.52. The first-order valence-corrected chi connectivity index (χ1v) is 10.1. The van der Waals surface area contributed by atoms with Crippen molar-refractivity contribution < 1.29 is 13.2 Å². The molecule has 2 saturated heterocycles. The van der Waals surface area contributed by atoms with E-state index in [0.29, 0.717) is 12.8 Å². The van der Waals surface area contributed by atoms with Crippen molar-refractivity contribution in [3.63, 3.8) is 0 Å². The maximum atomic E-state index is 13.1. The Morgan fingerprint density at radius 2 is 1.64 bits per heavy atom. The number of rotatable bonds is 3. The van der Waals surface area contributed by atoms with E-state index in [9.17, 15) is 13.2 Å². The van der Waals surface area contributed by atoms with E-state index >= 15 is 0 Å². The van der Waals surface area contributed by atoms with Crippen molar-refractivity contribution in [1.82, 2.24) is 4.31 Å². The first kappa shape index (κ1) is 16.5. The maximum absolute atomic E-state index is 13.1. The van der Waals surface area contributed by atoms with E-state index in [0.717, 1.165) is 17.5 Å². The lowest BCUT2D eigenvalue weighted by Crippen LogP contribution is -2.51. The molecule has 2 fully saturated rings. The number of carbonyl (C=O) groups excluding carboxylic acids is 1. The van der Waals surface area contributed by atoms with Crippen LogP contribution in [0.5, 0.6) is 0 Å². The van der Waals surface area contributed by atoms with Crippen LogP contribution in [0, 0.1) is 6.92 Å². The molecule has 3 atom stereocenters.